The van der Waals surface area contributed by atoms with Gasteiger partial charge in [0, 0.05) is 13.2 Å². The summed E-state index contributed by atoms with van der Waals surface area (Å²) < 4.78 is 12.8. The Hall–Kier alpha value is -1.45. The molecule has 0 aliphatic carbocycles. The summed E-state index contributed by atoms with van der Waals surface area (Å²) in [5.41, 5.74) is 0.178. The molecule has 12 heavy (non-hydrogen) atoms. The second kappa shape index (κ2) is 3.80. The first kappa shape index (κ1) is 8.64. The van der Waals surface area contributed by atoms with Crippen molar-refractivity contribution in [2.75, 3.05) is 7.05 Å². The van der Waals surface area contributed by atoms with E-state index in [9.17, 15) is 9.18 Å². The van der Waals surface area contributed by atoms with Crippen LogP contribution in [0.5, 0.6) is 0 Å². The minimum atomic E-state index is -0.443. The van der Waals surface area contributed by atoms with Crippen LogP contribution in [-0.4, -0.2) is 17.9 Å². The molecule has 0 aliphatic heterocycles. The highest BCUT2D eigenvalue weighted by Gasteiger charge is 2.06. The maximum absolute atomic E-state index is 12.8. The summed E-state index contributed by atoms with van der Waals surface area (Å²) >= 11 is 0. The van der Waals surface area contributed by atoms with Crippen LogP contribution in [0, 0.1) is 5.82 Å². The molecular formula is C8H9FN2O. The van der Waals surface area contributed by atoms with E-state index < -0.39 is 5.82 Å². The Labute approximate surface area is 69.6 Å². The van der Waals surface area contributed by atoms with Gasteiger partial charge in [0.25, 0.3) is 0 Å². The van der Waals surface area contributed by atoms with Crippen molar-refractivity contribution in [3.63, 3.8) is 0 Å². The van der Waals surface area contributed by atoms with Crippen LogP contribution in [0.4, 0.5) is 4.39 Å². The van der Waals surface area contributed by atoms with Crippen LogP contribution < -0.4 is 5.32 Å². The highest BCUT2D eigenvalue weighted by molar-refractivity contribution is 5.77. The number of amides is 1. The zero-order valence-corrected chi connectivity index (χ0v) is 6.67. The fourth-order valence-corrected chi connectivity index (χ4v) is 0.789. The average Bonchev–Trinajstić information content (AvgIpc) is 2.09. The van der Waals surface area contributed by atoms with Gasteiger partial charge >= 0.3 is 0 Å². The van der Waals surface area contributed by atoms with Crippen molar-refractivity contribution in [1.29, 1.82) is 0 Å². The summed E-state index contributed by atoms with van der Waals surface area (Å²) in [5.74, 6) is -0.686. The molecule has 64 valence electrons. The predicted octanol–water partition coefficient (Wildman–Crippen LogP) is 0.509. The maximum atomic E-state index is 12.8. The highest BCUT2D eigenvalue weighted by Crippen LogP contribution is 2.02. The van der Waals surface area contributed by atoms with E-state index in [2.05, 4.69) is 10.3 Å². The Morgan fingerprint density at radius 2 is 2.50 bits per heavy atom. The van der Waals surface area contributed by atoms with Gasteiger partial charge in [-0.1, -0.05) is 0 Å². The number of likely N-dealkylation sites (N-methyl/N-ethyl adjacent to an activating group) is 1. The number of hydrogen-bond donors (Lipinski definition) is 1. The summed E-state index contributed by atoms with van der Waals surface area (Å²) in [5, 5.41) is 2.40. The van der Waals surface area contributed by atoms with E-state index in [1.54, 1.807) is 0 Å². The largest absolute Gasteiger partial charge is 0.359 e. The molecule has 1 heterocycles. The standard InChI is InChI=1S/C8H9FN2O/c1-10-8(12)5-7-6(9)3-2-4-11-7/h2-4H,5H2,1H3,(H,10,12). The molecule has 0 saturated heterocycles. The van der Waals surface area contributed by atoms with Crippen molar-refractivity contribution in [2.24, 2.45) is 0 Å². The second-order valence-electron chi connectivity index (χ2n) is 2.28. The number of carbonyl (C=O) groups excluding carboxylic acids is 1. The van der Waals surface area contributed by atoms with Gasteiger partial charge in [0.05, 0.1) is 12.1 Å². The van der Waals surface area contributed by atoms with Gasteiger partial charge in [-0.2, -0.15) is 0 Å². The highest BCUT2D eigenvalue weighted by atomic mass is 19.1. The maximum Gasteiger partial charge on any atom is 0.225 e. The molecule has 1 amide bonds. The fraction of sp³-hybridized carbons (Fsp3) is 0.250. The van der Waals surface area contributed by atoms with Crippen LogP contribution >= 0.6 is 0 Å². The smallest absolute Gasteiger partial charge is 0.225 e. The number of halogens is 1. The molecule has 0 spiro atoms. The Kier molecular flexibility index (Phi) is 2.74. The summed E-state index contributed by atoms with van der Waals surface area (Å²) in [6.07, 6.45) is 1.45. The molecule has 0 aromatic carbocycles. The predicted molar refractivity (Wildman–Crippen MR) is 42.0 cm³/mol. The minimum absolute atomic E-state index is 0.0107. The summed E-state index contributed by atoms with van der Waals surface area (Å²) in [6, 6.07) is 2.77. The first-order valence-electron chi connectivity index (χ1n) is 3.54. The van der Waals surface area contributed by atoms with Gasteiger partial charge in [-0.05, 0) is 12.1 Å². The lowest BCUT2D eigenvalue weighted by molar-refractivity contribution is -0.120. The SMILES string of the molecule is CNC(=O)Cc1ncccc1F. The molecule has 0 unspecified atom stereocenters. The van der Waals surface area contributed by atoms with E-state index in [1.807, 2.05) is 0 Å². The second-order valence-corrected chi connectivity index (χ2v) is 2.28. The molecule has 4 heteroatoms. The first-order valence-corrected chi connectivity index (χ1v) is 3.54. The molecule has 0 radical (unpaired) electrons. The molecule has 1 aromatic heterocycles. The minimum Gasteiger partial charge on any atom is -0.359 e. The van der Waals surface area contributed by atoms with Crippen LogP contribution in [0.1, 0.15) is 5.69 Å². The van der Waals surface area contributed by atoms with Gasteiger partial charge in [0.1, 0.15) is 5.82 Å². The van der Waals surface area contributed by atoms with Crippen molar-refractivity contribution < 1.29 is 9.18 Å². The number of pyridine rings is 1. The molecule has 0 atom stereocenters. The Morgan fingerprint density at radius 3 is 3.08 bits per heavy atom. The van der Waals surface area contributed by atoms with E-state index in [0.717, 1.165) is 0 Å². The number of carbonyl (C=O) groups is 1. The molecule has 3 nitrogen and oxygen atoms in total. The van der Waals surface area contributed by atoms with E-state index >= 15 is 0 Å². The molecule has 0 bridgehead atoms. The lowest BCUT2D eigenvalue weighted by Crippen LogP contribution is -2.21. The van der Waals surface area contributed by atoms with Crippen molar-refractivity contribution in [3.05, 3.63) is 29.8 Å². The summed E-state index contributed by atoms with van der Waals surface area (Å²) in [4.78, 5) is 14.5. The third kappa shape index (κ3) is 2.02. The lowest BCUT2D eigenvalue weighted by atomic mass is 10.2. The van der Waals surface area contributed by atoms with Gasteiger partial charge < -0.3 is 5.32 Å². The molecular weight excluding hydrogens is 159 g/mol. The third-order valence-corrected chi connectivity index (χ3v) is 1.44. The number of nitrogens with zero attached hydrogens (tertiary/aromatic N) is 1. The first-order chi connectivity index (χ1) is 5.74. The molecule has 1 rings (SSSR count). The number of rotatable bonds is 2. The zero-order chi connectivity index (χ0) is 8.97. The zero-order valence-electron chi connectivity index (χ0n) is 6.67. The number of hydrogen-bond acceptors (Lipinski definition) is 2. The summed E-state index contributed by atoms with van der Waals surface area (Å²) in [7, 11) is 1.50. The van der Waals surface area contributed by atoms with E-state index in [4.69, 9.17) is 0 Å². The van der Waals surface area contributed by atoms with E-state index in [0.29, 0.717) is 0 Å². The Morgan fingerprint density at radius 1 is 1.75 bits per heavy atom. The third-order valence-electron chi connectivity index (χ3n) is 1.44. The van der Waals surface area contributed by atoms with Crippen LogP contribution in [0.15, 0.2) is 18.3 Å². The van der Waals surface area contributed by atoms with Gasteiger partial charge in [0.15, 0.2) is 0 Å². The van der Waals surface area contributed by atoms with Crippen LogP contribution in [0.25, 0.3) is 0 Å². The summed E-state index contributed by atoms with van der Waals surface area (Å²) in [6.45, 7) is 0. The fourth-order valence-electron chi connectivity index (χ4n) is 0.789. The van der Waals surface area contributed by atoms with Crippen LogP contribution in [0.2, 0.25) is 0 Å². The molecule has 0 fully saturated rings. The molecule has 0 aliphatic rings. The van der Waals surface area contributed by atoms with Gasteiger partial charge in [-0.25, -0.2) is 4.39 Å². The van der Waals surface area contributed by atoms with Crippen LogP contribution in [0.3, 0.4) is 0 Å². The molecule has 0 saturated carbocycles. The van der Waals surface area contributed by atoms with Crippen molar-refractivity contribution >= 4 is 5.91 Å². The lowest BCUT2D eigenvalue weighted by Gasteiger charge is -1.99. The van der Waals surface area contributed by atoms with Gasteiger partial charge in [-0.15, -0.1) is 0 Å². The van der Waals surface area contributed by atoms with Crippen LogP contribution in [-0.2, 0) is 11.2 Å². The topological polar surface area (TPSA) is 42.0 Å². The van der Waals surface area contributed by atoms with Gasteiger partial charge in [-0.3, -0.25) is 9.78 Å². The van der Waals surface area contributed by atoms with Gasteiger partial charge in [0.2, 0.25) is 5.91 Å². The van der Waals surface area contributed by atoms with Crippen molar-refractivity contribution in [3.8, 4) is 0 Å². The average molecular weight is 168 g/mol. The van der Waals surface area contributed by atoms with E-state index in [-0.39, 0.29) is 18.0 Å². The van der Waals surface area contributed by atoms with E-state index in [1.165, 1.54) is 25.4 Å². The molecule has 1 aromatic rings. The number of aromatic nitrogens is 1. The normalized spacial score (nSPS) is 9.50. The molecule has 1 N–H and O–H groups in total. The van der Waals surface area contributed by atoms with Crippen molar-refractivity contribution in [1.82, 2.24) is 10.3 Å². The Bertz CT molecular complexity index is 288. The quantitative estimate of drug-likeness (QED) is 0.699. The van der Waals surface area contributed by atoms with Crippen molar-refractivity contribution in [2.45, 2.75) is 6.42 Å². The monoisotopic (exact) mass is 168 g/mol. The Balaban J connectivity index is 2.75. The number of nitrogens with one attached hydrogen (secondary N) is 1.